The van der Waals surface area contributed by atoms with E-state index in [0.717, 1.165) is 12.1 Å². The molecule has 0 fully saturated rings. The highest BCUT2D eigenvalue weighted by Gasteiger charge is 2.20. The van der Waals surface area contributed by atoms with Gasteiger partial charge in [0.15, 0.2) is 0 Å². The van der Waals surface area contributed by atoms with E-state index in [4.69, 9.17) is 0 Å². The smallest absolute Gasteiger partial charge is 0.0793 e. The first-order valence-corrected chi connectivity index (χ1v) is 5.09. The van der Waals surface area contributed by atoms with Crippen molar-refractivity contribution < 1.29 is 0 Å². The summed E-state index contributed by atoms with van der Waals surface area (Å²) >= 11 is 0. The summed E-state index contributed by atoms with van der Waals surface area (Å²) in [5, 5.41) is 7.73. The van der Waals surface area contributed by atoms with Crippen LogP contribution in [-0.4, -0.2) is 16.8 Å². The lowest BCUT2D eigenvalue weighted by molar-refractivity contribution is 0.316. The van der Waals surface area contributed by atoms with Crippen LogP contribution in [0, 0.1) is 5.41 Å². The number of aromatic nitrogens is 2. The molecule has 0 aliphatic carbocycles. The van der Waals surface area contributed by atoms with Gasteiger partial charge in [0.2, 0.25) is 0 Å². The second-order valence-electron chi connectivity index (χ2n) is 5.02. The van der Waals surface area contributed by atoms with Crippen molar-refractivity contribution in [2.45, 2.75) is 33.2 Å². The monoisotopic (exact) mass is 195 g/mol. The van der Waals surface area contributed by atoms with Crippen molar-refractivity contribution in [2.75, 3.05) is 7.05 Å². The Morgan fingerprint density at radius 1 is 1.50 bits per heavy atom. The maximum Gasteiger partial charge on any atom is 0.0793 e. The van der Waals surface area contributed by atoms with Crippen LogP contribution in [0.5, 0.6) is 0 Å². The van der Waals surface area contributed by atoms with Crippen molar-refractivity contribution in [3.63, 3.8) is 0 Å². The van der Waals surface area contributed by atoms with Crippen molar-refractivity contribution in [2.24, 2.45) is 12.5 Å². The van der Waals surface area contributed by atoms with Crippen LogP contribution in [0.25, 0.3) is 0 Å². The molecule has 0 radical (unpaired) electrons. The van der Waals surface area contributed by atoms with Crippen LogP contribution < -0.4 is 5.32 Å². The van der Waals surface area contributed by atoms with Gasteiger partial charge in [-0.1, -0.05) is 20.8 Å². The predicted molar refractivity (Wildman–Crippen MR) is 59.1 cm³/mol. The minimum atomic E-state index is 0.325. The second kappa shape index (κ2) is 4.13. The fraction of sp³-hybridized carbons (Fsp3) is 0.727. The fourth-order valence-corrected chi connectivity index (χ4v) is 1.59. The van der Waals surface area contributed by atoms with Crippen LogP contribution in [-0.2, 0) is 7.05 Å². The molecule has 0 aromatic carbocycles. The lowest BCUT2D eigenvalue weighted by Crippen LogP contribution is -2.23. The molecule has 0 saturated heterocycles. The van der Waals surface area contributed by atoms with Gasteiger partial charge in [-0.2, -0.15) is 5.10 Å². The Labute approximate surface area is 86.5 Å². The summed E-state index contributed by atoms with van der Waals surface area (Å²) in [5.74, 6) is 0. The van der Waals surface area contributed by atoms with Crippen LogP contribution in [0.2, 0.25) is 0 Å². The van der Waals surface area contributed by atoms with Gasteiger partial charge in [0.05, 0.1) is 11.7 Å². The molecule has 1 rings (SSSR count). The van der Waals surface area contributed by atoms with Gasteiger partial charge in [0.25, 0.3) is 0 Å². The highest BCUT2D eigenvalue weighted by Crippen LogP contribution is 2.27. The molecule has 14 heavy (non-hydrogen) atoms. The molecule has 80 valence electrons. The topological polar surface area (TPSA) is 29.9 Å². The third-order valence-corrected chi connectivity index (χ3v) is 2.26. The summed E-state index contributed by atoms with van der Waals surface area (Å²) in [4.78, 5) is 0. The molecular formula is C11H21N3. The Bertz CT molecular complexity index is 283. The first-order chi connectivity index (χ1) is 6.42. The van der Waals surface area contributed by atoms with Crippen molar-refractivity contribution in [1.82, 2.24) is 15.1 Å². The molecule has 1 heterocycles. The number of hydrogen-bond donors (Lipinski definition) is 1. The average Bonchev–Trinajstić information content (AvgIpc) is 2.46. The molecule has 0 saturated carbocycles. The number of hydrogen-bond acceptors (Lipinski definition) is 2. The molecule has 1 unspecified atom stereocenters. The van der Waals surface area contributed by atoms with Crippen LogP contribution in [0.15, 0.2) is 12.3 Å². The van der Waals surface area contributed by atoms with E-state index in [9.17, 15) is 0 Å². The summed E-state index contributed by atoms with van der Waals surface area (Å²) in [6.07, 6.45) is 3.09. The van der Waals surface area contributed by atoms with E-state index in [1.54, 1.807) is 0 Å². The third kappa shape index (κ3) is 3.14. The van der Waals surface area contributed by atoms with Crippen LogP contribution in [0.1, 0.15) is 38.9 Å². The molecule has 1 aromatic heterocycles. The minimum Gasteiger partial charge on any atom is -0.312 e. The molecule has 0 bridgehead atoms. The Hall–Kier alpha value is -0.830. The molecule has 0 aliphatic heterocycles. The molecule has 3 nitrogen and oxygen atoms in total. The summed E-state index contributed by atoms with van der Waals surface area (Å²) in [7, 11) is 3.94. The van der Waals surface area contributed by atoms with Gasteiger partial charge in [-0.25, -0.2) is 0 Å². The fourth-order valence-electron chi connectivity index (χ4n) is 1.59. The van der Waals surface area contributed by atoms with Crippen molar-refractivity contribution in [3.05, 3.63) is 18.0 Å². The summed E-state index contributed by atoms with van der Waals surface area (Å²) < 4.78 is 1.85. The lowest BCUT2D eigenvalue weighted by atomic mass is 9.87. The standard InChI is InChI=1S/C11H21N3/c1-11(2,3)8-10(12-4)9-6-7-14(5)13-9/h6-7,10,12H,8H2,1-5H3. The van der Waals surface area contributed by atoms with E-state index in [-0.39, 0.29) is 0 Å². The van der Waals surface area contributed by atoms with Gasteiger partial charge in [-0.3, -0.25) is 4.68 Å². The summed E-state index contributed by atoms with van der Waals surface area (Å²) in [6.45, 7) is 6.75. The maximum atomic E-state index is 4.42. The zero-order valence-electron chi connectivity index (χ0n) is 9.83. The number of aryl methyl sites for hydroxylation is 1. The van der Waals surface area contributed by atoms with E-state index in [0.29, 0.717) is 11.5 Å². The zero-order chi connectivity index (χ0) is 10.8. The Morgan fingerprint density at radius 3 is 2.50 bits per heavy atom. The second-order valence-corrected chi connectivity index (χ2v) is 5.02. The van der Waals surface area contributed by atoms with Crippen molar-refractivity contribution >= 4 is 0 Å². The first-order valence-electron chi connectivity index (χ1n) is 5.09. The highest BCUT2D eigenvalue weighted by atomic mass is 15.3. The highest BCUT2D eigenvalue weighted by molar-refractivity contribution is 5.05. The van der Waals surface area contributed by atoms with Gasteiger partial charge in [0, 0.05) is 13.2 Å². The first kappa shape index (κ1) is 11.2. The molecule has 0 aliphatic rings. The van der Waals surface area contributed by atoms with Gasteiger partial charge >= 0.3 is 0 Å². The third-order valence-electron chi connectivity index (χ3n) is 2.26. The zero-order valence-corrected chi connectivity index (χ0v) is 9.83. The normalized spacial score (nSPS) is 14.4. The predicted octanol–water partition coefficient (Wildman–Crippen LogP) is 2.12. The Kier molecular flexibility index (Phi) is 3.32. The average molecular weight is 195 g/mol. The number of rotatable bonds is 3. The number of nitrogens with zero attached hydrogens (tertiary/aromatic N) is 2. The minimum absolute atomic E-state index is 0.325. The number of nitrogens with one attached hydrogen (secondary N) is 1. The lowest BCUT2D eigenvalue weighted by Gasteiger charge is -2.24. The molecule has 1 N–H and O–H groups in total. The van der Waals surface area contributed by atoms with E-state index < -0.39 is 0 Å². The van der Waals surface area contributed by atoms with E-state index in [2.05, 4.69) is 37.3 Å². The van der Waals surface area contributed by atoms with E-state index in [1.807, 2.05) is 25.0 Å². The van der Waals surface area contributed by atoms with Crippen molar-refractivity contribution in [3.8, 4) is 0 Å². The molecule has 0 spiro atoms. The molecule has 0 amide bonds. The van der Waals surface area contributed by atoms with Crippen LogP contribution in [0.4, 0.5) is 0 Å². The van der Waals surface area contributed by atoms with Crippen molar-refractivity contribution in [1.29, 1.82) is 0 Å². The van der Waals surface area contributed by atoms with Crippen LogP contribution in [0.3, 0.4) is 0 Å². The Morgan fingerprint density at radius 2 is 2.14 bits per heavy atom. The largest absolute Gasteiger partial charge is 0.312 e. The molecule has 1 atom stereocenters. The van der Waals surface area contributed by atoms with Crippen LogP contribution >= 0.6 is 0 Å². The SMILES string of the molecule is CNC(CC(C)(C)C)c1ccn(C)n1. The van der Waals surface area contributed by atoms with Gasteiger partial charge in [0.1, 0.15) is 0 Å². The van der Waals surface area contributed by atoms with E-state index >= 15 is 0 Å². The maximum absolute atomic E-state index is 4.42. The quantitative estimate of drug-likeness (QED) is 0.800. The molecule has 1 aromatic rings. The van der Waals surface area contributed by atoms with Gasteiger partial charge in [-0.05, 0) is 24.9 Å². The van der Waals surface area contributed by atoms with E-state index in [1.165, 1.54) is 0 Å². The van der Waals surface area contributed by atoms with Gasteiger partial charge in [-0.15, -0.1) is 0 Å². The summed E-state index contributed by atoms with van der Waals surface area (Å²) in [6, 6.07) is 2.43. The molecular weight excluding hydrogens is 174 g/mol. The molecule has 3 heteroatoms. The van der Waals surface area contributed by atoms with Gasteiger partial charge < -0.3 is 5.32 Å². The summed E-state index contributed by atoms with van der Waals surface area (Å²) in [5.41, 5.74) is 1.45. The Balaban J connectivity index is 2.72.